The molecule has 0 atom stereocenters. The van der Waals surface area contributed by atoms with E-state index in [1.807, 2.05) is 18.7 Å². The zero-order chi connectivity index (χ0) is 17.9. The second kappa shape index (κ2) is 7.66. The van der Waals surface area contributed by atoms with Crippen LogP contribution in [0.1, 0.15) is 60.5 Å². The molecule has 0 spiro atoms. The number of nitrogens with zero attached hydrogens (tertiary/aromatic N) is 1. The van der Waals surface area contributed by atoms with Crippen LogP contribution in [-0.2, 0) is 10.0 Å². The fraction of sp³-hybridized carbons (Fsp3) is 0.611. The van der Waals surface area contributed by atoms with Crippen molar-refractivity contribution in [2.45, 2.75) is 63.8 Å². The monoisotopic (exact) mass is 352 g/mol. The zero-order valence-corrected chi connectivity index (χ0v) is 15.9. The second-order valence-corrected chi connectivity index (χ2v) is 8.36. The minimum atomic E-state index is -3.59. The molecule has 1 aromatic carbocycles. The quantitative estimate of drug-likeness (QED) is 0.886. The zero-order valence-electron chi connectivity index (χ0n) is 15.1. The topological polar surface area (TPSA) is 66.5 Å². The molecular formula is C18H28N2O3S. The lowest BCUT2D eigenvalue weighted by molar-refractivity contribution is 0.0647. The Morgan fingerprint density at radius 2 is 1.83 bits per heavy atom. The summed E-state index contributed by atoms with van der Waals surface area (Å²) in [7, 11) is -2.20. The molecule has 0 heterocycles. The van der Waals surface area contributed by atoms with Gasteiger partial charge < -0.3 is 4.90 Å². The van der Waals surface area contributed by atoms with Gasteiger partial charge in [0.05, 0.1) is 4.90 Å². The third-order valence-electron chi connectivity index (χ3n) is 5.04. The van der Waals surface area contributed by atoms with Crippen LogP contribution in [0, 0.1) is 13.8 Å². The molecule has 0 saturated heterocycles. The van der Waals surface area contributed by atoms with E-state index in [1.165, 1.54) is 19.5 Å². The number of carbonyl (C=O) groups is 1. The Morgan fingerprint density at radius 1 is 1.21 bits per heavy atom. The van der Waals surface area contributed by atoms with Gasteiger partial charge in [0.2, 0.25) is 10.0 Å². The molecular weight excluding hydrogens is 324 g/mol. The molecule has 6 heteroatoms. The molecule has 1 aliphatic rings. The maximum absolute atomic E-state index is 13.0. The van der Waals surface area contributed by atoms with E-state index in [1.54, 1.807) is 13.0 Å². The molecule has 0 bridgehead atoms. The van der Waals surface area contributed by atoms with Gasteiger partial charge >= 0.3 is 0 Å². The highest BCUT2D eigenvalue weighted by Gasteiger charge is 2.27. The van der Waals surface area contributed by atoms with E-state index >= 15 is 0 Å². The molecule has 1 aromatic rings. The third kappa shape index (κ3) is 3.81. The molecule has 0 aliphatic heterocycles. The summed E-state index contributed by atoms with van der Waals surface area (Å²) >= 11 is 0. The smallest absolute Gasteiger partial charge is 0.254 e. The number of aryl methyl sites for hydroxylation is 1. The number of hydrogen-bond acceptors (Lipinski definition) is 3. The molecule has 0 radical (unpaired) electrons. The van der Waals surface area contributed by atoms with Crippen LogP contribution < -0.4 is 4.72 Å². The van der Waals surface area contributed by atoms with Crippen LogP contribution in [0.5, 0.6) is 0 Å². The lowest BCUT2D eigenvalue weighted by Crippen LogP contribution is -2.41. The maximum Gasteiger partial charge on any atom is 0.254 e. The lowest BCUT2D eigenvalue weighted by atomic mass is 9.93. The minimum absolute atomic E-state index is 0.0694. The summed E-state index contributed by atoms with van der Waals surface area (Å²) in [6.07, 6.45) is 5.61. The molecule has 24 heavy (non-hydrogen) atoms. The van der Waals surface area contributed by atoms with Crippen molar-refractivity contribution in [3.8, 4) is 0 Å². The number of hydrogen-bond donors (Lipinski definition) is 1. The minimum Gasteiger partial charge on any atom is -0.336 e. The Hall–Kier alpha value is -1.40. The van der Waals surface area contributed by atoms with E-state index < -0.39 is 10.0 Å². The normalized spacial score (nSPS) is 16.2. The molecule has 5 nitrogen and oxygen atoms in total. The van der Waals surface area contributed by atoms with Gasteiger partial charge in [0.25, 0.3) is 5.91 Å². The number of sulfonamides is 1. The molecule has 0 aromatic heterocycles. The third-order valence-corrected chi connectivity index (χ3v) is 6.58. The molecule has 1 saturated carbocycles. The van der Waals surface area contributed by atoms with Gasteiger partial charge in [-0.1, -0.05) is 19.3 Å². The molecule has 1 amide bonds. The van der Waals surface area contributed by atoms with E-state index in [4.69, 9.17) is 0 Å². The van der Waals surface area contributed by atoms with Crippen molar-refractivity contribution >= 4 is 15.9 Å². The summed E-state index contributed by atoms with van der Waals surface area (Å²) in [6, 6.07) is 3.59. The molecule has 0 unspecified atom stereocenters. The van der Waals surface area contributed by atoms with Crippen molar-refractivity contribution in [1.82, 2.24) is 9.62 Å². The molecule has 1 aliphatic carbocycles. The largest absolute Gasteiger partial charge is 0.336 e. The second-order valence-electron chi connectivity index (χ2n) is 6.51. The molecule has 1 fully saturated rings. The van der Waals surface area contributed by atoms with Crippen LogP contribution in [0.3, 0.4) is 0 Å². The summed E-state index contributed by atoms with van der Waals surface area (Å²) in [6.45, 7) is 6.24. The van der Waals surface area contributed by atoms with E-state index in [2.05, 4.69) is 4.72 Å². The van der Waals surface area contributed by atoms with Gasteiger partial charge in [-0.25, -0.2) is 13.1 Å². The average Bonchev–Trinajstić information content (AvgIpc) is 2.58. The first-order chi connectivity index (χ1) is 11.3. The summed E-state index contributed by atoms with van der Waals surface area (Å²) < 4.78 is 26.9. The summed E-state index contributed by atoms with van der Waals surface area (Å²) in [4.78, 5) is 15.1. The Bertz CT molecular complexity index is 707. The van der Waals surface area contributed by atoms with Crippen molar-refractivity contribution in [3.05, 3.63) is 28.8 Å². The van der Waals surface area contributed by atoms with Gasteiger partial charge in [-0.3, -0.25) is 4.79 Å². The van der Waals surface area contributed by atoms with E-state index in [9.17, 15) is 13.2 Å². The van der Waals surface area contributed by atoms with E-state index in [0.29, 0.717) is 17.7 Å². The lowest BCUT2D eigenvalue weighted by Gasteiger charge is -2.34. The SMILES string of the molecule is CCN(C(=O)c1cc(C)c(C)c(S(=O)(=O)NC)c1)C1CCCCC1. The first-order valence-corrected chi connectivity index (χ1v) is 10.2. The molecule has 2 rings (SSSR count). The first-order valence-electron chi connectivity index (χ1n) is 8.67. The number of benzene rings is 1. The standard InChI is InChI=1S/C18H28N2O3S/c1-5-20(16-9-7-6-8-10-16)18(21)15-11-13(2)14(3)17(12-15)24(22,23)19-4/h11-12,16,19H,5-10H2,1-4H3. The van der Waals surface area contributed by atoms with Crippen molar-refractivity contribution in [3.63, 3.8) is 0 Å². The number of amides is 1. The predicted octanol–water partition coefficient (Wildman–Crippen LogP) is 3.01. The first kappa shape index (κ1) is 18.9. The van der Waals surface area contributed by atoms with Gasteiger partial charge in [0, 0.05) is 18.2 Å². The maximum atomic E-state index is 13.0. The Kier molecular flexibility index (Phi) is 6.04. The van der Waals surface area contributed by atoms with Gasteiger partial charge in [0.15, 0.2) is 0 Å². The van der Waals surface area contributed by atoms with Crippen LogP contribution >= 0.6 is 0 Å². The Morgan fingerprint density at radius 3 is 2.38 bits per heavy atom. The molecule has 1 N–H and O–H groups in total. The highest BCUT2D eigenvalue weighted by Crippen LogP contribution is 2.26. The van der Waals surface area contributed by atoms with Gasteiger partial charge in [0.1, 0.15) is 0 Å². The van der Waals surface area contributed by atoms with Crippen molar-refractivity contribution < 1.29 is 13.2 Å². The van der Waals surface area contributed by atoms with E-state index in [0.717, 1.165) is 31.2 Å². The van der Waals surface area contributed by atoms with Crippen molar-refractivity contribution in [2.24, 2.45) is 0 Å². The summed E-state index contributed by atoms with van der Waals surface area (Å²) in [5.41, 5.74) is 1.95. The Balaban J connectivity index is 2.41. The van der Waals surface area contributed by atoms with Gasteiger partial charge in [-0.15, -0.1) is 0 Å². The highest BCUT2D eigenvalue weighted by molar-refractivity contribution is 7.89. The predicted molar refractivity (Wildman–Crippen MR) is 95.7 cm³/mol. The number of rotatable bonds is 5. The van der Waals surface area contributed by atoms with Crippen LogP contribution in [-0.4, -0.2) is 38.9 Å². The number of carbonyl (C=O) groups excluding carboxylic acids is 1. The van der Waals surface area contributed by atoms with E-state index in [-0.39, 0.29) is 16.8 Å². The van der Waals surface area contributed by atoms with Crippen LogP contribution in [0.25, 0.3) is 0 Å². The highest BCUT2D eigenvalue weighted by atomic mass is 32.2. The summed E-state index contributed by atoms with van der Waals surface area (Å²) in [5, 5.41) is 0. The number of nitrogens with one attached hydrogen (secondary N) is 1. The fourth-order valence-electron chi connectivity index (χ4n) is 3.47. The Labute approximate surface area is 145 Å². The van der Waals surface area contributed by atoms with Crippen molar-refractivity contribution in [2.75, 3.05) is 13.6 Å². The van der Waals surface area contributed by atoms with Crippen molar-refractivity contribution in [1.29, 1.82) is 0 Å². The summed E-state index contributed by atoms with van der Waals surface area (Å²) in [5.74, 6) is -0.0694. The van der Waals surface area contributed by atoms with Crippen LogP contribution in [0.2, 0.25) is 0 Å². The van der Waals surface area contributed by atoms with Gasteiger partial charge in [-0.2, -0.15) is 0 Å². The van der Waals surface area contributed by atoms with Crippen LogP contribution in [0.15, 0.2) is 17.0 Å². The average molecular weight is 353 g/mol. The van der Waals surface area contributed by atoms with Crippen LogP contribution in [0.4, 0.5) is 0 Å². The fourth-order valence-corrected chi connectivity index (χ4v) is 4.53. The molecule has 134 valence electrons. The van der Waals surface area contributed by atoms with Gasteiger partial charge in [-0.05, 0) is 63.9 Å².